The van der Waals surface area contributed by atoms with Gasteiger partial charge in [-0.2, -0.15) is 0 Å². The van der Waals surface area contributed by atoms with E-state index in [2.05, 4.69) is 5.32 Å². The van der Waals surface area contributed by atoms with Crippen LogP contribution in [0.2, 0.25) is 0 Å². The Morgan fingerprint density at radius 3 is 2.40 bits per heavy atom. The predicted octanol–water partition coefficient (Wildman–Crippen LogP) is 2.35. The average Bonchev–Trinajstić information content (AvgIpc) is 2.48. The van der Waals surface area contributed by atoms with Crippen LogP contribution in [0.4, 0.5) is 0 Å². The molecule has 4 heteroatoms. The fourth-order valence-corrected chi connectivity index (χ4v) is 3.13. The summed E-state index contributed by atoms with van der Waals surface area (Å²) in [7, 11) is 0.356. The Kier molecular flexibility index (Phi) is 5.07. The molecule has 104 valence electrons. The van der Waals surface area contributed by atoms with E-state index in [-0.39, 0.29) is 11.7 Å². The van der Waals surface area contributed by atoms with Gasteiger partial charge in [0.15, 0.2) is 0 Å². The lowest BCUT2D eigenvalue weighted by Gasteiger charge is -2.09. The highest BCUT2D eigenvalue weighted by atomic mass is 32.2. The number of carbonyl (C=O) groups excluding carboxylic acids is 1. The lowest BCUT2D eigenvalue weighted by atomic mass is 10.0. The second-order valence-corrected chi connectivity index (χ2v) is 5.88. The lowest BCUT2D eigenvalue weighted by molar-refractivity contribution is -0.118. The maximum atomic E-state index is 12.0. The largest absolute Gasteiger partial charge is 0.358 e. The molecule has 3 nitrogen and oxygen atoms in total. The Morgan fingerprint density at radius 2 is 1.70 bits per heavy atom. The first-order chi connectivity index (χ1) is 9.70. The van der Waals surface area contributed by atoms with Crippen LogP contribution >= 0.6 is 0 Å². The lowest BCUT2D eigenvalue weighted by Crippen LogP contribution is -2.24. The molecule has 0 spiro atoms. The molecule has 0 aromatic heterocycles. The van der Waals surface area contributed by atoms with Crippen molar-refractivity contribution in [2.45, 2.75) is 5.75 Å². The van der Waals surface area contributed by atoms with E-state index in [0.29, 0.717) is 5.75 Å². The molecule has 0 radical (unpaired) electrons. The highest BCUT2D eigenvalue weighted by Gasteiger charge is 2.10. The van der Waals surface area contributed by atoms with E-state index in [0.717, 1.165) is 16.7 Å². The van der Waals surface area contributed by atoms with Gasteiger partial charge in [0.25, 0.3) is 0 Å². The van der Waals surface area contributed by atoms with Gasteiger partial charge in [0.1, 0.15) is 5.75 Å². The second-order valence-electron chi connectivity index (χ2n) is 4.42. The van der Waals surface area contributed by atoms with Gasteiger partial charge in [-0.25, -0.2) is 0 Å². The minimum absolute atomic E-state index is 0.0413. The molecule has 0 aliphatic carbocycles. The van der Waals surface area contributed by atoms with E-state index in [1.807, 2.05) is 54.6 Å². The van der Waals surface area contributed by atoms with Crippen molar-refractivity contribution in [2.24, 2.45) is 0 Å². The van der Waals surface area contributed by atoms with E-state index < -0.39 is 10.8 Å². The number of nitrogens with one attached hydrogen (secondary N) is 1. The molecule has 2 aromatic rings. The number of carbonyl (C=O) groups is 1. The first kappa shape index (κ1) is 14.5. The predicted molar refractivity (Wildman–Crippen MR) is 82.7 cm³/mol. The Labute approximate surface area is 121 Å². The topological polar surface area (TPSA) is 46.2 Å². The number of hydrogen-bond donors (Lipinski definition) is 1. The summed E-state index contributed by atoms with van der Waals surface area (Å²) >= 11 is 0. The van der Waals surface area contributed by atoms with Crippen LogP contribution in [-0.4, -0.2) is 22.9 Å². The van der Waals surface area contributed by atoms with Gasteiger partial charge in [0, 0.05) is 23.6 Å². The van der Waals surface area contributed by atoms with Gasteiger partial charge in [-0.05, 0) is 16.7 Å². The van der Waals surface area contributed by atoms with Gasteiger partial charge < -0.3 is 5.32 Å². The van der Waals surface area contributed by atoms with Gasteiger partial charge in [-0.15, -0.1) is 0 Å². The van der Waals surface area contributed by atoms with Crippen molar-refractivity contribution in [2.75, 3.05) is 12.8 Å². The molecular formula is C16H17NO2S. The van der Waals surface area contributed by atoms with E-state index in [4.69, 9.17) is 0 Å². The summed E-state index contributed by atoms with van der Waals surface area (Å²) in [5.74, 6) is 0.235. The normalized spacial score (nSPS) is 11.8. The quantitative estimate of drug-likeness (QED) is 0.917. The zero-order valence-electron chi connectivity index (χ0n) is 11.3. The highest BCUT2D eigenvalue weighted by Crippen LogP contribution is 2.24. The van der Waals surface area contributed by atoms with Crippen LogP contribution in [0.15, 0.2) is 54.6 Å². The highest BCUT2D eigenvalue weighted by molar-refractivity contribution is 7.84. The summed E-state index contributed by atoms with van der Waals surface area (Å²) in [6, 6.07) is 17.9. The van der Waals surface area contributed by atoms with E-state index in [1.165, 1.54) is 0 Å². The second kappa shape index (κ2) is 7.01. The molecule has 0 aliphatic rings. The van der Waals surface area contributed by atoms with Crippen molar-refractivity contribution in [3.8, 4) is 11.1 Å². The standard InChI is InChI=1S/C16H17NO2S/c1-17-16(18)12-20(19)11-14-9-5-6-10-15(14)13-7-3-2-4-8-13/h2-10H,11-12H2,1H3,(H,17,18). The molecule has 2 rings (SSSR count). The number of hydrogen-bond acceptors (Lipinski definition) is 2. The third-order valence-corrected chi connectivity index (χ3v) is 4.21. The Morgan fingerprint density at radius 1 is 1.05 bits per heavy atom. The van der Waals surface area contributed by atoms with Gasteiger partial charge in [-0.3, -0.25) is 9.00 Å². The fraction of sp³-hybridized carbons (Fsp3) is 0.188. The Hall–Kier alpha value is -1.94. The van der Waals surface area contributed by atoms with Crippen molar-refractivity contribution in [3.05, 3.63) is 60.2 Å². The van der Waals surface area contributed by atoms with Crippen LogP contribution in [0.25, 0.3) is 11.1 Å². The summed E-state index contributed by atoms with van der Waals surface area (Å²) in [6.07, 6.45) is 0. The van der Waals surface area contributed by atoms with Crippen molar-refractivity contribution >= 4 is 16.7 Å². The Balaban J connectivity index is 2.21. The van der Waals surface area contributed by atoms with Crippen LogP contribution in [0, 0.1) is 0 Å². The summed E-state index contributed by atoms with van der Waals surface area (Å²) < 4.78 is 12.0. The molecule has 1 unspecified atom stereocenters. The van der Waals surface area contributed by atoms with Gasteiger partial charge >= 0.3 is 0 Å². The van der Waals surface area contributed by atoms with Gasteiger partial charge in [-0.1, -0.05) is 54.6 Å². The van der Waals surface area contributed by atoms with Gasteiger partial charge in [0.2, 0.25) is 5.91 Å². The summed E-state index contributed by atoms with van der Waals surface area (Å²) in [4.78, 5) is 11.3. The van der Waals surface area contributed by atoms with Crippen LogP contribution in [-0.2, 0) is 21.3 Å². The molecular weight excluding hydrogens is 270 g/mol. The maximum absolute atomic E-state index is 12.0. The summed E-state index contributed by atoms with van der Waals surface area (Å²) in [6.45, 7) is 0. The van der Waals surface area contributed by atoms with Crippen molar-refractivity contribution in [1.82, 2.24) is 5.32 Å². The molecule has 0 saturated carbocycles. The van der Waals surface area contributed by atoms with Crippen molar-refractivity contribution in [3.63, 3.8) is 0 Å². The third-order valence-electron chi connectivity index (χ3n) is 2.99. The van der Waals surface area contributed by atoms with E-state index in [9.17, 15) is 9.00 Å². The fourth-order valence-electron chi connectivity index (χ4n) is 1.99. The van der Waals surface area contributed by atoms with Crippen LogP contribution in [0.5, 0.6) is 0 Å². The van der Waals surface area contributed by atoms with Crippen LogP contribution in [0.1, 0.15) is 5.56 Å². The van der Waals surface area contributed by atoms with Gasteiger partial charge in [0.05, 0.1) is 0 Å². The molecule has 0 bridgehead atoms. The van der Waals surface area contributed by atoms with Crippen LogP contribution in [0.3, 0.4) is 0 Å². The van der Waals surface area contributed by atoms with Crippen molar-refractivity contribution in [1.29, 1.82) is 0 Å². The first-order valence-electron chi connectivity index (χ1n) is 6.39. The van der Waals surface area contributed by atoms with E-state index >= 15 is 0 Å². The summed E-state index contributed by atoms with van der Waals surface area (Å²) in [5, 5.41) is 2.50. The number of benzene rings is 2. The zero-order chi connectivity index (χ0) is 14.4. The number of rotatable bonds is 5. The Bertz CT molecular complexity index is 611. The summed E-state index contributed by atoms with van der Waals surface area (Å²) in [5.41, 5.74) is 3.17. The first-order valence-corrected chi connectivity index (χ1v) is 7.88. The molecule has 1 atom stereocenters. The maximum Gasteiger partial charge on any atom is 0.232 e. The zero-order valence-corrected chi connectivity index (χ0v) is 12.2. The molecule has 0 saturated heterocycles. The minimum Gasteiger partial charge on any atom is -0.358 e. The smallest absolute Gasteiger partial charge is 0.232 e. The van der Waals surface area contributed by atoms with Crippen molar-refractivity contribution < 1.29 is 9.00 Å². The molecule has 0 heterocycles. The number of amides is 1. The van der Waals surface area contributed by atoms with E-state index in [1.54, 1.807) is 7.05 Å². The SMILES string of the molecule is CNC(=O)CS(=O)Cc1ccccc1-c1ccccc1. The van der Waals surface area contributed by atoms with Crippen LogP contribution < -0.4 is 5.32 Å². The molecule has 1 N–H and O–H groups in total. The third kappa shape index (κ3) is 3.78. The monoisotopic (exact) mass is 287 g/mol. The molecule has 20 heavy (non-hydrogen) atoms. The molecule has 2 aromatic carbocycles. The average molecular weight is 287 g/mol. The molecule has 0 aliphatic heterocycles. The molecule has 1 amide bonds. The molecule has 0 fully saturated rings. The minimum atomic E-state index is -1.20.